The van der Waals surface area contributed by atoms with Gasteiger partial charge in [0.25, 0.3) is 5.91 Å². The molecule has 2 aliphatic heterocycles. The van der Waals surface area contributed by atoms with Gasteiger partial charge in [0.15, 0.2) is 0 Å². The largest absolute Gasteiger partial charge is 0.376 e. The quantitative estimate of drug-likeness (QED) is 0.775. The second-order valence-corrected chi connectivity index (χ2v) is 8.89. The number of carbonyl (C=O) groups is 1. The van der Waals surface area contributed by atoms with Gasteiger partial charge in [0.05, 0.1) is 20.1 Å². The van der Waals surface area contributed by atoms with Gasteiger partial charge in [-0.25, -0.2) is 0 Å². The smallest absolute Gasteiger partial charge is 0.270 e. The van der Waals surface area contributed by atoms with Crippen LogP contribution in [0, 0.1) is 0 Å². The minimum atomic E-state index is 0.179. The Morgan fingerprint density at radius 1 is 1.26 bits per heavy atom. The number of hydrogen-bond acceptors (Lipinski definition) is 3. The summed E-state index contributed by atoms with van der Waals surface area (Å²) in [5, 5.41) is 0. The average molecular weight is 397 g/mol. The molecule has 0 spiro atoms. The maximum Gasteiger partial charge on any atom is 0.270 e. The van der Waals surface area contributed by atoms with Crippen LogP contribution >= 0.6 is 27.3 Å². The normalized spacial score (nSPS) is 22.1. The number of nitrogens with zero attached hydrogens (tertiary/aromatic N) is 2. The Bertz CT molecular complexity index is 712. The third-order valence-electron chi connectivity index (χ3n) is 4.83. The maximum absolute atomic E-state index is 12.9. The lowest BCUT2D eigenvalue weighted by Crippen LogP contribution is -2.31. The van der Waals surface area contributed by atoms with Crippen LogP contribution in [0.4, 0.5) is 0 Å². The van der Waals surface area contributed by atoms with Gasteiger partial charge in [-0.2, -0.15) is 0 Å². The van der Waals surface area contributed by atoms with E-state index in [1.165, 1.54) is 11.1 Å². The van der Waals surface area contributed by atoms with Crippen molar-refractivity contribution in [1.29, 1.82) is 0 Å². The van der Waals surface area contributed by atoms with Crippen molar-refractivity contribution in [2.75, 3.05) is 19.7 Å². The number of hydrogen-bond donors (Lipinski definition) is 0. The second-order valence-electron chi connectivity index (χ2n) is 6.43. The van der Waals surface area contributed by atoms with E-state index >= 15 is 0 Å². The van der Waals surface area contributed by atoms with Crippen LogP contribution in [0.2, 0.25) is 0 Å². The molecule has 2 aromatic heterocycles. The first kappa shape index (κ1) is 15.7. The summed E-state index contributed by atoms with van der Waals surface area (Å²) in [6, 6.07) is 4.19. The molecule has 0 saturated carbocycles. The van der Waals surface area contributed by atoms with E-state index in [-0.39, 0.29) is 12.0 Å². The molecule has 124 valence electrons. The molecule has 0 aromatic carbocycles. The predicted octanol–water partition coefficient (Wildman–Crippen LogP) is 4.27. The lowest BCUT2D eigenvalue weighted by Gasteiger charge is -2.25. The Kier molecular flexibility index (Phi) is 4.48. The van der Waals surface area contributed by atoms with Gasteiger partial charge in [0, 0.05) is 26.2 Å². The van der Waals surface area contributed by atoms with E-state index in [4.69, 9.17) is 4.74 Å². The first-order chi connectivity index (χ1) is 11.2. The van der Waals surface area contributed by atoms with Crippen molar-refractivity contribution >= 4 is 43.4 Å². The van der Waals surface area contributed by atoms with Crippen molar-refractivity contribution in [3.8, 4) is 0 Å². The Morgan fingerprint density at radius 2 is 2.09 bits per heavy atom. The molecule has 0 bridgehead atoms. The molecule has 2 saturated heterocycles. The molecular weight excluding hydrogens is 376 g/mol. The minimum Gasteiger partial charge on any atom is -0.376 e. The van der Waals surface area contributed by atoms with Crippen LogP contribution in [0.3, 0.4) is 0 Å². The first-order valence-electron chi connectivity index (χ1n) is 8.42. The summed E-state index contributed by atoms with van der Waals surface area (Å²) >= 11 is 5.26. The number of rotatable bonds is 3. The molecule has 2 aliphatic rings. The van der Waals surface area contributed by atoms with Crippen molar-refractivity contribution in [2.24, 2.45) is 0 Å². The highest BCUT2D eigenvalue weighted by Gasteiger charge is 2.26. The summed E-state index contributed by atoms with van der Waals surface area (Å²) in [4.78, 5) is 14.9. The Labute approximate surface area is 148 Å². The zero-order chi connectivity index (χ0) is 15.8. The molecule has 0 N–H and O–H groups in total. The van der Waals surface area contributed by atoms with Crippen LogP contribution in [0.1, 0.15) is 42.6 Å². The topological polar surface area (TPSA) is 34.5 Å². The lowest BCUT2D eigenvalue weighted by atomic mass is 10.1. The van der Waals surface area contributed by atoms with Crippen molar-refractivity contribution in [3.05, 3.63) is 21.6 Å². The summed E-state index contributed by atoms with van der Waals surface area (Å²) in [5.41, 5.74) is 1.98. The fourth-order valence-corrected chi connectivity index (χ4v) is 5.19. The molecule has 0 unspecified atom stereocenters. The number of fused-ring (bicyclic) bond motifs is 1. The zero-order valence-electron chi connectivity index (χ0n) is 13.1. The third kappa shape index (κ3) is 3.08. The molecule has 0 radical (unpaired) electrons. The summed E-state index contributed by atoms with van der Waals surface area (Å²) in [7, 11) is 0. The van der Waals surface area contributed by atoms with Gasteiger partial charge in [-0.1, -0.05) is 0 Å². The van der Waals surface area contributed by atoms with E-state index in [1.54, 1.807) is 11.3 Å². The van der Waals surface area contributed by atoms with Crippen molar-refractivity contribution < 1.29 is 9.53 Å². The van der Waals surface area contributed by atoms with Gasteiger partial charge in [-0.3, -0.25) is 4.79 Å². The predicted molar refractivity (Wildman–Crippen MR) is 96.2 cm³/mol. The van der Waals surface area contributed by atoms with E-state index in [1.807, 2.05) is 4.90 Å². The molecule has 1 amide bonds. The molecular formula is C17H21BrN2O2S. The maximum atomic E-state index is 12.9. The van der Waals surface area contributed by atoms with Gasteiger partial charge in [0.1, 0.15) is 5.69 Å². The number of thiophene rings is 1. The van der Waals surface area contributed by atoms with Crippen molar-refractivity contribution in [2.45, 2.75) is 44.8 Å². The number of carbonyl (C=O) groups excluding carboxylic acids is 1. The average Bonchev–Trinajstić information content (AvgIpc) is 3.26. The number of aromatic nitrogens is 1. The van der Waals surface area contributed by atoms with E-state index in [0.29, 0.717) is 0 Å². The van der Waals surface area contributed by atoms with Gasteiger partial charge in [-0.15, -0.1) is 11.3 Å². The molecule has 0 aliphatic carbocycles. The Hall–Kier alpha value is -0.850. The van der Waals surface area contributed by atoms with Gasteiger partial charge < -0.3 is 14.2 Å². The number of amides is 1. The van der Waals surface area contributed by atoms with Gasteiger partial charge in [0.2, 0.25) is 0 Å². The van der Waals surface area contributed by atoms with Gasteiger partial charge >= 0.3 is 0 Å². The Balaban J connectivity index is 1.68. The SMILES string of the molecule is O=C(c1cc2sc(Br)cc2n1C[C@H]1CCCCO1)N1CCCC1. The number of ether oxygens (including phenoxy) is 1. The van der Waals surface area contributed by atoms with Crippen LogP contribution < -0.4 is 0 Å². The summed E-state index contributed by atoms with van der Waals surface area (Å²) in [6.07, 6.45) is 5.93. The van der Waals surface area contributed by atoms with Gasteiger partial charge in [-0.05, 0) is 60.2 Å². The monoisotopic (exact) mass is 396 g/mol. The highest BCUT2D eigenvalue weighted by Crippen LogP contribution is 2.34. The Morgan fingerprint density at radius 3 is 2.83 bits per heavy atom. The summed E-state index contributed by atoms with van der Waals surface area (Å²) in [5.74, 6) is 0.179. The van der Waals surface area contributed by atoms with Crippen molar-refractivity contribution in [3.63, 3.8) is 0 Å². The highest BCUT2D eigenvalue weighted by atomic mass is 79.9. The summed E-state index contributed by atoms with van der Waals surface area (Å²) < 4.78 is 10.4. The van der Waals surface area contributed by atoms with Crippen LogP contribution in [0.5, 0.6) is 0 Å². The second kappa shape index (κ2) is 6.57. The fourth-order valence-electron chi connectivity index (χ4n) is 3.62. The molecule has 4 heterocycles. The standard InChI is InChI=1S/C17H21BrN2O2S/c18-16-10-13-15(23-16)9-14(17(21)19-6-2-3-7-19)20(13)11-12-5-1-4-8-22-12/h9-10,12H,1-8,11H2/t12-/m1/s1. The van der Waals surface area contributed by atoms with E-state index in [0.717, 1.165) is 66.9 Å². The molecule has 2 aromatic rings. The van der Waals surface area contributed by atoms with Crippen LogP contribution in [0.15, 0.2) is 15.9 Å². The zero-order valence-corrected chi connectivity index (χ0v) is 15.5. The highest BCUT2D eigenvalue weighted by molar-refractivity contribution is 9.11. The van der Waals surface area contributed by atoms with E-state index < -0.39 is 0 Å². The third-order valence-corrected chi connectivity index (χ3v) is 6.41. The molecule has 4 nitrogen and oxygen atoms in total. The number of halogens is 1. The van der Waals surface area contributed by atoms with E-state index in [9.17, 15) is 4.79 Å². The van der Waals surface area contributed by atoms with Crippen LogP contribution in [-0.4, -0.2) is 41.2 Å². The molecule has 4 rings (SSSR count). The number of likely N-dealkylation sites (tertiary alicyclic amines) is 1. The molecule has 23 heavy (non-hydrogen) atoms. The molecule has 1 atom stereocenters. The lowest BCUT2D eigenvalue weighted by molar-refractivity contribution is 0.00624. The van der Waals surface area contributed by atoms with Crippen LogP contribution in [0.25, 0.3) is 10.2 Å². The van der Waals surface area contributed by atoms with Crippen LogP contribution in [-0.2, 0) is 11.3 Å². The van der Waals surface area contributed by atoms with E-state index in [2.05, 4.69) is 32.6 Å². The summed E-state index contributed by atoms with van der Waals surface area (Å²) in [6.45, 7) is 3.40. The molecule has 2 fully saturated rings. The van der Waals surface area contributed by atoms with Crippen molar-refractivity contribution in [1.82, 2.24) is 9.47 Å². The molecule has 6 heteroatoms. The minimum absolute atomic E-state index is 0.179. The first-order valence-corrected chi connectivity index (χ1v) is 10.0. The fraction of sp³-hybridized carbons (Fsp3) is 0.588.